The third-order valence-corrected chi connectivity index (χ3v) is 3.60. The summed E-state index contributed by atoms with van der Waals surface area (Å²) in [6.45, 7) is 1.61. The Morgan fingerprint density at radius 2 is 2.11 bits per heavy atom. The topological polar surface area (TPSA) is 33.1 Å². The molecule has 0 bridgehead atoms. The van der Waals surface area contributed by atoms with Gasteiger partial charge < -0.3 is 5.11 Å². The highest BCUT2D eigenvalue weighted by Gasteiger charge is 2.11. The van der Waals surface area contributed by atoms with Crippen LogP contribution in [0.3, 0.4) is 0 Å². The van der Waals surface area contributed by atoms with Gasteiger partial charge in [-0.2, -0.15) is 0 Å². The summed E-state index contributed by atoms with van der Waals surface area (Å²) in [4.78, 5) is 4.93. The molecule has 1 atom stereocenters. The van der Waals surface area contributed by atoms with Crippen molar-refractivity contribution in [2.24, 2.45) is 0 Å². The van der Waals surface area contributed by atoms with Gasteiger partial charge in [0.25, 0.3) is 0 Å². The summed E-state index contributed by atoms with van der Waals surface area (Å²) >= 11 is 7.12. The summed E-state index contributed by atoms with van der Waals surface area (Å²) in [6.07, 6.45) is 0.825. The van der Waals surface area contributed by atoms with Gasteiger partial charge in [0.05, 0.1) is 11.1 Å². The van der Waals surface area contributed by atoms with Gasteiger partial charge in [0, 0.05) is 11.1 Å². The van der Waals surface area contributed by atoms with Crippen LogP contribution in [0.1, 0.15) is 18.6 Å². The second-order valence-electron chi connectivity index (χ2n) is 3.77. The van der Waals surface area contributed by atoms with Crippen molar-refractivity contribution in [3.05, 3.63) is 52.9 Å². The molecule has 0 saturated heterocycles. The predicted molar refractivity (Wildman–Crippen MR) is 70.4 cm³/mol. The number of aliphatic hydroxyl groups is 1. The first-order valence-corrected chi connectivity index (χ1v) is 6.52. The van der Waals surface area contributed by atoms with Crippen molar-refractivity contribution < 1.29 is 9.50 Å². The van der Waals surface area contributed by atoms with E-state index in [1.165, 1.54) is 23.9 Å². The molecule has 5 heteroatoms. The zero-order valence-electron chi connectivity index (χ0n) is 9.60. The second-order valence-corrected chi connectivity index (χ2v) is 5.27. The van der Waals surface area contributed by atoms with Crippen molar-refractivity contribution in [1.29, 1.82) is 0 Å². The maximum absolute atomic E-state index is 13.1. The molecule has 0 radical (unpaired) electrons. The number of hydrogen-bond donors (Lipinski definition) is 1. The highest BCUT2D eigenvalue weighted by Crippen LogP contribution is 2.33. The Kier molecular flexibility index (Phi) is 4.22. The lowest BCUT2D eigenvalue weighted by atomic mass is 10.1. The zero-order valence-corrected chi connectivity index (χ0v) is 11.2. The summed E-state index contributed by atoms with van der Waals surface area (Å²) in [5, 5.41) is 10.9. The first-order chi connectivity index (χ1) is 8.56. The number of pyridine rings is 1. The van der Waals surface area contributed by atoms with Crippen LogP contribution < -0.4 is 0 Å². The average molecular weight is 284 g/mol. The first kappa shape index (κ1) is 13.3. The monoisotopic (exact) mass is 283 g/mol. The largest absolute Gasteiger partial charge is 0.389 e. The van der Waals surface area contributed by atoms with E-state index in [1.807, 2.05) is 0 Å². The number of halogens is 2. The molecule has 2 rings (SSSR count). The Balaban J connectivity index is 2.31. The van der Waals surface area contributed by atoms with E-state index in [2.05, 4.69) is 4.98 Å². The summed E-state index contributed by atoms with van der Waals surface area (Å²) in [5.41, 5.74) is 0.553. The van der Waals surface area contributed by atoms with Crippen molar-refractivity contribution in [1.82, 2.24) is 4.98 Å². The minimum Gasteiger partial charge on any atom is -0.389 e. The van der Waals surface area contributed by atoms with Crippen LogP contribution in [0.25, 0.3) is 0 Å². The Hall–Kier alpha value is -1.10. The van der Waals surface area contributed by atoms with Gasteiger partial charge in [-0.05, 0) is 42.8 Å². The Bertz CT molecular complexity index is 545. The van der Waals surface area contributed by atoms with Crippen LogP contribution in [-0.2, 0) is 0 Å². The first-order valence-electron chi connectivity index (χ1n) is 5.33. The van der Waals surface area contributed by atoms with Gasteiger partial charge in [-0.3, -0.25) is 0 Å². The van der Waals surface area contributed by atoms with E-state index in [1.54, 1.807) is 31.3 Å². The van der Waals surface area contributed by atoms with Gasteiger partial charge in [-0.1, -0.05) is 23.4 Å². The maximum Gasteiger partial charge on any atom is 0.123 e. The van der Waals surface area contributed by atoms with Gasteiger partial charge >= 0.3 is 0 Å². The van der Waals surface area contributed by atoms with Gasteiger partial charge in [0.1, 0.15) is 10.8 Å². The SMILES string of the molecule is C[C@H](O)c1cc(F)ccc1Sc1ccc(Cl)cn1. The standard InChI is InChI=1S/C13H11ClFNOS/c1-8(17)11-6-10(15)3-4-12(11)18-13-5-2-9(14)7-16-13/h2-8,17H,1H3/t8-/m0/s1. The van der Waals surface area contributed by atoms with Crippen LogP contribution in [0.4, 0.5) is 4.39 Å². The fraction of sp³-hybridized carbons (Fsp3) is 0.154. The second kappa shape index (κ2) is 5.69. The van der Waals surface area contributed by atoms with Crippen molar-refractivity contribution >= 4 is 23.4 Å². The molecule has 1 heterocycles. The van der Waals surface area contributed by atoms with Crippen LogP contribution in [0.15, 0.2) is 46.5 Å². The molecule has 0 unspecified atom stereocenters. The molecule has 1 aromatic carbocycles. The number of rotatable bonds is 3. The van der Waals surface area contributed by atoms with E-state index >= 15 is 0 Å². The summed E-state index contributed by atoms with van der Waals surface area (Å²) < 4.78 is 13.1. The van der Waals surface area contributed by atoms with E-state index in [-0.39, 0.29) is 5.82 Å². The van der Waals surface area contributed by atoms with Crippen molar-refractivity contribution in [2.75, 3.05) is 0 Å². The molecule has 2 nitrogen and oxygen atoms in total. The summed E-state index contributed by atoms with van der Waals surface area (Å²) in [6, 6.07) is 7.86. The molecular weight excluding hydrogens is 273 g/mol. The molecule has 94 valence electrons. The van der Waals surface area contributed by atoms with Crippen LogP contribution in [0, 0.1) is 5.82 Å². The van der Waals surface area contributed by atoms with E-state index in [0.717, 1.165) is 9.92 Å². The highest BCUT2D eigenvalue weighted by atomic mass is 35.5. The molecule has 18 heavy (non-hydrogen) atoms. The Labute approximate surface area is 114 Å². The fourth-order valence-corrected chi connectivity index (χ4v) is 2.54. The van der Waals surface area contributed by atoms with Gasteiger partial charge in [-0.15, -0.1) is 0 Å². The molecule has 0 saturated carbocycles. The van der Waals surface area contributed by atoms with Gasteiger partial charge in [0.2, 0.25) is 0 Å². The van der Waals surface area contributed by atoms with E-state index < -0.39 is 6.10 Å². The molecule has 0 spiro atoms. The number of nitrogens with zero attached hydrogens (tertiary/aromatic N) is 1. The van der Waals surface area contributed by atoms with E-state index in [9.17, 15) is 9.50 Å². The average Bonchev–Trinajstić information content (AvgIpc) is 2.34. The molecule has 1 aromatic heterocycles. The minimum absolute atomic E-state index is 0.362. The predicted octanol–water partition coefficient (Wildman–Crippen LogP) is 4.08. The Morgan fingerprint density at radius 3 is 2.72 bits per heavy atom. The molecule has 0 amide bonds. The van der Waals surface area contributed by atoms with Crippen LogP contribution in [0.2, 0.25) is 5.02 Å². The van der Waals surface area contributed by atoms with Crippen molar-refractivity contribution in [3.63, 3.8) is 0 Å². The zero-order chi connectivity index (χ0) is 13.1. The summed E-state index contributed by atoms with van der Waals surface area (Å²) in [5.74, 6) is -0.362. The normalized spacial score (nSPS) is 12.4. The fourth-order valence-electron chi connectivity index (χ4n) is 1.47. The lowest BCUT2D eigenvalue weighted by Crippen LogP contribution is -1.95. The number of aromatic nitrogens is 1. The minimum atomic E-state index is -0.726. The van der Waals surface area contributed by atoms with E-state index in [0.29, 0.717) is 10.6 Å². The van der Waals surface area contributed by atoms with Crippen molar-refractivity contribution in [3.8, 4) is 0 Å². The quantitative estimate of drug-likeness (QED) is 0.921. The lowest BCUT2D eigenvalue weighted by Gasteiger charge is -2.11. The molecule has 0 aliphatic rings. The van der Waals surface area contributed by atoms with Crippen LogP contribution >= 0.6 is 23.4 Å². The smallest absolute Gasteiger partial charge is 0.123 e. The molecule has 1 N–H and O–H groups in total. The molecule has 0 aliphatic carbocycles. The maximum atomic E-state index is 13.1. The van der Waals surface area contributed by atoms with Crippen LogP contribution in [-0.4, -0.2) is 10.1 Å². The molecule has 0 aliphatic heterocycles. The number of hydrogen-bond acceptors (Lipinski definition) is 3. The van der Waals surface area contributed by atoms with Crippen molar-refractivity contribution in [2.45, 2.75) is 22.9 Å². The van der Waals surface area contributed by atoms with Gasteiger partial charge in [-0.25, -0.2) is 9.37 Å². The third kappa shape index (κ3) is 3.22. The molecule has 0 fully saturated rings. The lowest BCUT2D eigenvalue weighted by molar-refractivity contribution is 0.196. The third-order valence-electron chi connectivity index (χ3n) is 2.34. The van der Waals surface area contributed by atoms with Gasteiger partial charge in [0.15, 0.2) is 0 Å². The number of benzene rings is 1. The molecular formula is C13H11ClFNOS. The molecule has 2 aromatic rings. The number of aliphatic hydroxyl groups excluding tert-OH is 1. The highest BCUT2D eigenvalue weighted by molar-refractivity contribution is 7.99. The van der Waals surface area contributed by atoms with E-state index in [4.69, 9.17) is 11.6 Å². The summed E-state index contributed by atoms with van der Waals surface area (Å²) in [7, 11) is 0. The Morgan fingerprint density at radius 1 is 1.33 bits per heavy atom. The van der Waals surface area contributed by atoms with Crippen LogP contribution in [0.5, 0.6) is 0 Å².